The van der Waals surface area contributed by atoms with Gasteiger partial charge in [-0.25, -0.2) is 9.97 Å². The van der Waals surface area contributed by atoms with Crippen LogP contribution in [0.25, 0.3) is 0 Å². The van der Waals surface area contributed by atoms with Crippen molar-refractivity contribution in [3.8, 4) is 0 Å². The lowest BCUT2D eigenvalue weighted by Crippen LogP contribution is -2.34. The van der Waals surface area contributed by atoms with Crippen LogP contribution in [-0.4, -0.2) is 15.8 Å². The lowest BCUT2D eigenvalue weighted by atomic mass is 9.94. The highest BCUT2D eigenvalue weighted by molar-refractivity contribution is 6.18. The lowest BCUT2D eigenvalue weighted by Gasteiger charge is -2.29. The van der Waals surface area contributed by atoms with Gasteiger partial charge in [-0.1, -0.05) is 30.3 Å². The van der Waals surface area contributed by atoms with E-state index in [1.807, 2.05) is 30.3 Å². The third kappa shape index (κ3) is 3.64. The number of alkyl halides is 4. The maximum Gasteiger partial charge on any atom is 0.433 e. The molecule has 0 saturated carbocycles. The smallest absolute Gasteiger partial charge is 0.344 e. The Morgan fingerprint density at radius 3 is 2.38 bits per heavy atom. The van der Waals surface area contributed by atoms with E-state index in [0.29, 0.717) is 0 Å². The molecule has 3 nitrogen and oxygen atoms in total. The molecule has 0 radical (unpaired) electrons. The molecule has 21 heavy (non-hydrogen) atoms. The van der Waals surface area contributed by atoms with E-state index >= 15 is 0 Å². The Balaban J connectivity index is 2.31. The second kappa shape index (κ2) is 5.89. The Hall–Kier alpha value is -1.82. The quantitative estimate of drug-likeness (QED) is 0.865. The predicted octanol–water partition coefficient (Wildman–Crippen LogP) is 4.06. The van der Waals surface area contributed by atoms with Gasteiger partial charge in [0.25, 0.3) is 0 Å². The molecular formula is C14H13ClF3N3. The number of halogens is 4. The van der Waals surface area contributed by atoms with Crippen molar-refractivity contribution in [1.29, 1.82) is 0 Å². The second-order valence-electron chi connectivity index (χ2n) is 4.72. The lowest BCUT2D eigenvalue weighted by molar-refractivity contribution is -0.141. The number of anilines is 1. The summed E-state index contributed by atoms with van der Waals surface area (Å²) in [6.07, 6.45) is -3.44. The van der Waals surface area contributed by atoms with Crippen LogP contribution in [0.1, 0.15) is 18.2 Å². The van der Waals surface area contributed by atoms with Crippen LogP contribution in [0.4, 0.5) is 19.1 Å². The van der Waals surface area contributed by atoms with Crippen molar-refractivity contribution in [3.63, 3.8) is 0 Å². The highest BCUT2D eigenvalue weighted by Crippen LogP contribution is 2.30. The van der Waals surface area contributed by atoms with E-state index in [4.69, 9.17) is 11.6 Å². The van der Waals surface area contributed by atoms with Crippen LogP contribution in [0.3, 0.4) is 0 Å². The van der Waals surface area contributed by atoms with Crippen LogP contribution in [0, 0.1) is 0 Å². The first kappa shape index (κ1) is 15.6. The fourth-order valence-electron chi connectivity index (χ4n) is 1.81. The molecule has 7 heteroatoms. The number of nitrogens with zero attached hydrogens (tertiary/aromatic N) is 2. The minimum Gasteiger partial charge on any atom is -0.344 e. The number of benzene rings is 1. The largest absolute Gasteiger partial charge is 0.433 e. The third-order valence-electron chi connectivity index (χ3n) is 3.01. The first-order valence-electron chi connectivity index (χ1n) is 6.15. The molecule has 0 amide bonds. The van der Waals surface area contributed by atoms with Gasteiger partial charge in [-0.05, 0) is 18.6 Å². The van der Waals surface area contributed by atoms with Gasteiger partial charge < -0.3 is 5.32 Å². The summed E-state index contributed by atoms with van der Waals surface area (Å²) in [7, 11) is 0. The average molecular weight is 316 g/mol. The van der Waals surface area contributed by atoms with Gasteiger partial charge in [0.1, 0.15) is 5.69 Å². The second-order valence-corrected chi connectivity index (χ2v) is 4.99. The van der Waals surface area contributed by atoms with E-state index in [-0.39, 0.29) is 11.8 Å². The molecule has 1 heterocycles. The van der Waals surface area contributed by atoms with Crippen molar-refractivity contribution in [2.45, 2.75) is 18.6 Å². The molecule has 112 valence electrons. The SMILES string of the molecule is CC(CCl)(Nc1nccc(C(F)(F)F)n1)c1ccccc1. The number of hydrogen-bond acceptors (Lipinski definition) is 3. The zero-order valence-corrected chi connectivity index (χ0v) is 11.9. The molecule has 1 N–H and O–H groups in total. The molecule has 0 spiro atoms. The van der Waals surface area contributed by atoms with Crippen LogP contribution >= 0.6 is 11.6 Å². The topological polar surface area (TPSA) is 37.8 Å². The van der Waals surface area contributed by atoms with Crippen LogP contribution in [0.2, 0.25) is 0 Å². The zero-order valence-electron chi connectivity index (χ0n) is 11.2. The van der Waals surface area contributed by atoms with Crippen LogP contribution in [0.15, 0.2) is 42.6 Å². The fourth-order valence-corrected chi connectivity index (χ4v) is 2.03. The van der Waals surface area contributed by atoms with E-state index in [1.54, 1.807) is 6.92 Å². The van der Waals surface area contributed by atoms with Gasteiger partial charge in [0, 0.05) is 12.1 Å². The summed E-state index contributed by atoms with van der Waals surface area (Å²) in [5.74, 6) is 0.0354. The summed E-state index contributed by atoms with van der Waals surface area (Å²) in [5, 5.41) is 2.88. The average Bonchev–Trinajstić information content (AvgIpc) is 2.47. The van der Waals surface area contributed by atoms with Gasteiger partial charge in [0.15, 0.2) is 0 Å². The fraction of sp³-hybridized carbons (Fsp3) is 0.286. The Kier molecular flexibility index (Phi) is 4.37. The first-order valence-corrected chi connectivity index (χ1v) is 6.68. The van der Waals surface area contributed by atoms with E-state index in [1.165, 1.54) is 0 Å². The summed E-state index contributed by atoms with van der Waals surface area (Å²) in [5.41, 5.74) is -0.932. The molecule has 0 aliphatic rings. The molecule has 0 bridgehead atoms. The van der Waals surface area contributed by atoms with Gasteiger partial charge in [-0.15, -0.1) is 11.6 Å². The third-order valence-corrected chi connectivity index (χ3v) is 3.55. The van der Waals surface area contributed by atoms with Crippen molar-refractivity contribution >= 4 is 17.5 Å². The highest BCUT2D eigenvalue weighted by Gasteiger charge is 2.33. The van der Waals surface area contributed by atoms with Gasteiger partial charge in [-0.3, -0.25) is 0 Å². The Bertz CT molecular complexity index is 604. The molecule has 0 fully saturated rings. The standard InChI is InChI=1S/C14H13ClF3N3/c1-13(9-15,10-5-3-2-4-6-10)21-12-19-8-7-11(20-12)14(16,17)18/h2-8H,9H2,1H3,(H,19,20,21). The molecule has 1 aromatic carbocycles. The van der Waals surface area contributed by atoms with Crippen LogP contribution < -0.4 is 5.32 Å². The van der Waals surface area contributed by atoms with E-state index in [0.717, 1.165) is 17.8 Å². The van der Waals surface area contributed by atoms with Crippen molar-refractivity contribution in [2.75, 3.05) is 11.2 Å². The highest BCUT2D eigenvalue weighted by atomic mass is 35.5. The minimum absolute atomic E-state index is 0.114. The molecule has 2 rings (SSSR count). The van der Waals surface area contributed by atoms with Gasteiger partial charge in [0.05, 0.1) is 5.54 Å². The molecule has 0 aliphatic heterocycles. The molecular weight excluding hydrogens is 303 g/mol. The van der Waals surface area contributed by atoms with Gasteiger partial charge in [0.2, 0.25) is 5.95 Å². The van der Waals surface area contributed by atoms with Crippen molar-refractivity contribution in [3.05, 3.63) is 53.9 Å². The Morgan fingerprint density at radius 1 is 1.14 bits per heavy atom. The summed E-state index contributed by atoms with van der Waals surface area (Å²) in [6.45, 7) is 1.78. The van der Waals surface area contributed by atoms with E-state index in [9.17, 15) is 13.2 Å². The Labute approximate surface area is 125 Å². The Morgan fingerprint density at radius 2 is 1.81 bits per heavy atom. The van der Waals surface area contributed by atoms with Crippen LogP contribution in [-0.2, 0) is 11.7 Å². The molecule has 0 aliphatic carbocycles. The number of rotatable bonds is 4. The summed E-state index contributed by atoms with van der Waals surface area (Å²) < 4.78 is 38.0. The zero-order chi connectivity index (χ0) is 15.5. The predicted molar refractivity (Wildman–Crippen MR) is 75.2 cm³/mol. The molecule has 1 unspecified atom stereocenters. The normalized spacial score (nSPS) is 14.5. The summed E-state index contributed by atoms with van der Waals surface area (Å²) in [6, 6.07) is 10.0. The maximum absolute atomic E-state index is 12.7. The van der Waals surface area contributed by atoms with E-state index in [2.05, 4.69) is 15.3 Å². The summed E-state index contributed by atoms with van der Waals surface area (Å²) in [4.78, 5) is 7.33. The van der Waals surface area contributed by atoms with Crippen molar-refractivity contribution in [1.82, 2.24) is 9.97 Å². The monoisotopic (exact) mass is 315 g/mol. The summed E-state index contributed by atoms with van der Waals surface area (Å²) >= 11 is 5.98. The maximum atomic E-state index is 12.7. The van der Waals surface area contributed by atoms with Gasteiger partial charge >= 0.3 is 6.18 Å². The minimum atomic E-state index is -4.51. The van der Waals surface area contributed by atoms with Crippen LogP contribution in [0.5, 0.6) is 0 Å². The first-order chi connectivity index (χ1) is 9.85. The molecule has 2 aromatic rings. The van der Waals surface area contributed by atoms with Crippen molar-refractivity contribution in [2.24, 2.45) is 0 Å². The number of hydrogen-bond donors (Lipinski definition) is 1. The van der Waals surface area contributed by atoms with E-state index < -0.39 is 17.4 Å². The van der Waals surface area contributed by atoms with Crippen molar-refractivity contribution < 1.29 is 13.2 Å². The number of nitrogens with one attached hydrogen (secondary N) is 1. The molecule has 1 aromatic heterocycles. The molecule has 1 atom stereocenters. The van der Waals surface area contributed by atoms with Gasteiger partial charge in [-0.2, -0.15) is 13.2 Å². The molecule has 0 saturated heterocycles. The number of aromatic nitrogens is 2.